The van der Waals surface area contributed by atoms with E-state index in [0.29, 0.717) is 12.1 Å². The monoisotopic (exact) mass is 226 g/mol. The SMILES string of the molecule is COC(=O)C1=NC=C2N=c3ccccc3=C2C1. The first kappa shape index (κ1) is 9.96. The molecule has 1 aromatic carbocycles. The number of allylic oxidation sites excluding steroid dienone is 1. The van der Waals surface area contributed by atoms with Crippen LogP contribution in [0.3, 0.4) is 0 Å². The lowest BCUT2D eigenvalue weighted by Crippen LogP contribution is -2.25. The van der Waals surface area contributed by atoms with Gasteiger partial charge >= 0.3 is 5.97 Å². The summed E-state index contributed by atoms with van der Waals surface area (Å²) >= 11 is 0. The van der Waals surface area contributed by atoms with Crippen LogP contribution >= 0.6 is 0 Å². The summed E-state index contributed by atoms with van der Waals surface area (Å²) < 4.78 is 4.68. The minimum absolute atomic E-state index is 0.378. The number of ether oxygens (including phenoxy) is 1. The van der Waals surface area contributed by atoms with Crippen molar-refractivity contribution in [3.05, 3.63) is 46.7 Å². The van der Waals surface area contributed by atoms with Gasteiger partial charge in [-0.05, 0) is 11.6 Å². The Kier molecular flexibility index (Phi) is 2.14. The van der Waals surface area contributed by atoms with Crippen molar-refractivity contribution in [1.29, 1.82) is 0 Å². The molecule has 84 valence electrons. The third-order valence-corrected chi connectivity index (χ3v) is 2.89. The Labute approximate surface area is 97.7 Å². The van der Waals surface area contributed by atoms with Crippen LogP contribution in [0.2, 0.25) is 0 Å². The van der Waals surface area contributed by atoms with Gasteiger partial charge in [0.15, 0.2) is 0 Å². The summed E-state index contributed by atoms with van der Waals surface area (Å²) in [6, 6.07) is 7.88. The number of benzene rings is 1. The van der Waals surface area contributed by atoms with E-state index >= 15 is 0 Å². The second kappa shape index (κ2) is 3.66. The molecule has 2 aliphatic heterocycles. The number of esters is 1. The predicted molar refractivity (Wildman–Crippen MR) is 62.8 cm³/mol. The molecule has 2 aliphatic rings. The van der Waals surface area contributed by atoms with E-state index in [0.717, 1.165) is 21.8 Å². The minimum atomic E-state index is -0.378. The number of nitrogens with zero attached hydrogens (tertiary/aromatic N) is 2. The largest absolute Gasteiger partial charge is 0.465 e. The van der Waals surface area contributed by atoms with Gasteiger partial charge in [0, 0.05) is 11.6 Å². The molecule has 17 heavy (non-hydrogen) atoms. The number of methoxy groups -OCH3 is 1. The number of carbonyl (C=O) groups is 1. The van der Waals surface area contributed by atoms with Gasteiger partial charge in [0.2, 0.25) is 0 Å². The van der Waals surface area contributed by atoms with E-state index in [4.69, 9.17) is 0 Å². The fourth-order valence-electron chi connectivity index (χ4n) is 2.05. The number of hydrogen-bond acceptors (Lipinski definition) is 4. The van der Waals surface area contributed by atoms with Gasteiger partial charge in [0.1, 0.15) is 5.71 Å². The maximum atomic E-state index is 11.4. The predicted octanol–water partition coefficient (Wildman–Crippen LogP) is 0.330. The van der Waals surface area contributed by atoms with E-state index in [-0.39, 0.29) is 5.97 Å². The zero-order valence-electron chi connectivity index (χ0n) is 9.30. The van der Waals surface area contributed by atoms with E-state index in [1.54, 1.807) is 6.20 Å². The average Bonchev–Trinajstić information content (AvgIpc) is 2.75. The summed E-state index contributed by atoms with van der Waals surface area (Å²) in [5.74, 6) is -0.378. The van der Waals surface area contributed by atoms with Crippen molar-refractivity contribution < 1.29 is 9.53 Å². The summed E-state index contributed by atoms with van der Waals surface area (Å²) in [6.07, 6.45) is 2.12. The number of hydrogen-bond donors (Lipinski definition) is 0. The summed E-state index contributed by atoms with van der Waals surface area (Å²) in [6.45, 7) is 0. The number of rotatable bonds is 1. The van der Waals surface area contributed by atoms with Crippen LogP contribution < -0.4 is 10.6 Å². The number of fused-ring (bicyclic) bond motifs is 2. The van der Waals surface area contributed by atoms with Crippen LogP contribution in [0.4, 0.5) is 0 Å². The molecule has 1 aromatic rings. The summed E-state index contributed by atoms with van der Waals surface area (Å²) in [4.78, 5) is 20.0. The van der Waals surface area contributed by atoms with Gasteiger partial charge in [0.25, 0.3) is 0 Å². The third kappa shape index (κ3) is 1.49. The summed E-state index contributed by atoms with van der Waals surface area (Å²) in [5, 5.41) is 2.02. The zero-order chi connectivity index (χ0) is 11.8. The normalized spacial score (nSPS) is 16.4. The lowest BCUT2D eigenvalue weighted by atomic mass is 10.0. The molecule has 4 nitrogen and oxygen atoms in total. The van der Waals surface area contributed by atoms with Crippen LogP contribution in [0.15, 0.2) is 46.1 Å². The second-order valence-electron chi connectivity index (χ2n) is 3.87. The topological polar surface area (TPSA) is 51.0 Å². The van der Waals surface area contributed by atoms with Crippen LogP contribution in [0.25, 0.3) is 5.57 Å². The third-order valence-electron chi connectivity index (χ3n) is 2.89. The van der Waals surface area contributed by atoms with Crippen LogP contribution in [0.5, 0.6) is 0 Å². The molecule has 0 saturated carbocycles. The fourth-order valence-corrected chi connectivity index (χ4v) is 2.05. The summed E-state index contributed by atoms with van der Waals surface area (Å²) in [7, 11) is 1.36. The molecule has 0 spiro atoms. The Morgan fingerprint density at radius 2 is 2.18 bits per heavy atom. The van der Waals surface area contributed by atoms with Crippen molar-refractivity contribution in [2.45, 2.75) is 6.42 Å². The van der Waals surface area contributed by atoms with Crippen LogP contribution in [-0.4, -0.2) is 18.8 Å². The van der Waals surface area contributed by atoms with Crippen molar-refractivity contribution >= 4 is 17.3 Å². The highest BCUT2D eigenvalue weighted by Crippen LogP contribution is 2.22. The minimum Gasteiger partial charge on any atom is -0.465 e. The second-order valence-corrected chi connectivity index (χ2v) is 3.87. The Bertz CT molecular complexity index is 684. The highest BCUT2D eigenvalue weighted by atomic mass is 16.5. The standard InChI is InChI=1S/C13H10N2O2/c1-17-13(16)11-6-9-8-4-2-3-5-10(8)15-12(9)7-14-11/h2-5,7H,6H2,1H3. The molecule has 3 rings (SSSR count). The van der Waals surface area contributed by atoms with Gasteiger partial charge in [-0.15, -0.1) is 0 Å². The highest BCUT2D eigenvalue weighted by Gasteiger charge is 2.22. The lowest BCUT2D eigenvalue weighted by molar-refractivity contribution is -0.132. The first-order valence-electron chi connectivity index (χ1n) is 5.32. The summed E-state index contributed by atoms with van der Waals surface area (Å²) in [5.41, 5.74) is 2.33. The first-order valence-corrected chi connectivity index (χ1v) is 5.32. The number of para-hydroxylation sites is 1. The Morgan fingerprint density at radius 3 is 3.00 bits per heavy atom. The molecule has 0 saturated heterocycles. The maximum absolute atomic E-state index is 11.4. The molecule has 0 fully saturated rings. The molecule has 4 heteroatoms. The van der Waals surface area contributed by atoms with E-state index in [2.05, 4.69) is 14.7 Å². The van der Waals surface area contributed by atoms with E-state index in [9.17, 15) is 4.79 Å². The molecular formula is C13H10N2O2. The van der Waals surface area contributed by atoms with Crippen molar-refractivity contribution in [2.24, 2.45) is 9.98 Å². The highest BCUT2D eigenvalue weighted by molar-refractivity contribution is 6.38. The molecule has 0 aromatic heterocycles. The van der Waals surface area contributed by atoms with Crippen LogP contribution in [0, 0.1) is 0 Å². The van der Waals surface area contributed by atoms with Gasteiger partial charge in [-0.2, -0.15) is 0 Å². The molecule has 0 unspecified atom stereocenters. The molecule has 0 radical (unpaired) electrons. The van der Waals surface area contributed by atoms with Gasteiger partial charge in [-0.1, -0.05) is 18.2 Å². The van der Waals surface area contributed by atoms with Crippen molar-refractivity contribution in [3.63, 3.8) is 0 Å². The molecule has 0 amide bonds. The van der Waals surface area contributed by atoms with Crippen molar-refractivity contribution in [1.82, 2.24) is 0 Å². The number of carbonyl (C=O) groups excluding carboxylic acids is 1. The van der Waals surface area contributed by atoms with Crippen molar-refractivity contribution in [2.75, 3.05) is 7.11 Å². The van der Waals surface area contributed by atoms with Crippen LogP contribution in [0.1, 0.15) is 6.42 Å². The fraction of sp³-hybridized carbons (Fsp3) is 0.154. The van der Waals surface area contributed by atoms with Crippen LogP contribution in [-0.2, 0) is 9.53 Å². The first-order chi connectivity index (χ1) is 8.29. The van der Waals surface area contributed by atoms with Gasteiger partial charge in [-0.25, -0.2) is 9.79 Å². The van der Waals surface area contributed by atoms with Gasteiger partial charge < -0.3 is 4.74 Å². The zero-order valence-corrected chi connectivity index (χ0v) is 9.30. The molecule has 0 aliphatic carbocycles. The Hall–Kier alpha value is -2.23. The van der Waals surface area contributed by atoms with Gasteiger partial charge in [-0.3, -0.25) is 4.99 Å². The smallest absolute Gasteiger partial charge is 0.352 e. The average molecular weight is 226 g/mol. The quantitative estimate of drug-likeness (QED) is 0.648. The molecule has 0 atom stereocenters. The number of aliphatic imine (C=N–C) groups is 1. The maximum Gasteiger partial charge on any atom is 0.352 e. The van der Waals surface area contributed by atoms with Gasteiger partial charge in [0.05, 0.1) is 24.4 Å². The molecular weight excluding hydrogens is 216 g/mol. The van der Waals surface area contributed by atoms with E-state index in [1.165, 1.54) is 7.11 Å². The van der Waals surface area contributed by atoms with Crippen molar-refractivity contribution in [3.8, 4) is 0 Å². The van der Waals surface area contributed by atoms with E-state index < -0.39 is 0 Å². The molecule has 2 heterocycles. The Balaban J connectivity index is 2.15. The lowest BCUT2D eigenvalue weighted by Gasteiger charge is -2.10. The molecule has 0 bridgehead atoms. The Morgan fingerprint density at radius 1 is 1.35 bits per heavy atom. The molecule has 0 N–H and O–H groups in total. The van der Waals surface area contributed by atoms with E-state index in [1.807, 2.05) is 24.3 Å².